The summed E-state index contributed by atoms with van der Waals surface area (Å²) in [6, 6.07) is 6.69. The highest BCUT2D eigenvalue weighted by Crippen LogP contribution is 2.10. The van der Waals surface area contributed by atoms with Gasteiger partial charge in [0.25, 0.3) is 0 Å². The molecule has 0 spiro atoms. The van der Waals surface area contributed by atoms with Crippen LogP contribution in [0.2, 0.25) is 0 Å². The second-order valence-electron chi connectivity index (χ2n) is 2.96. The van der Waals surface area contributed by atoms with Gasteiger partial charge in [0.2, 0.25) is 0 Å². The number of carbonyl (C=O) groups excluding carboxylic acids is 1. The van der Waals surface area contributed by atoms with E-state index in [9.17, 15) is 4.79 Å². The lowest BCUT2D eigenvalue weighted by Crippen LogP contribution is -2.06. The number of phenolic OH excluding ortho intramolecular Hbond substituents is 1. The lowest BCUT2D eigenvalue weighted by molar-refractivity contribution is -0.138. The Morgan fingerprint density at radius 1 is 1.40 bits per heavy atom. The van der Waals surface area contributed by atoms with Gasteiger partial charge >= 0.3 is 5.97 Å². The zero-order valence-corrected chi connectivity index (χ0v) is 8.83. The van der Waals surface area contributed by atoms with Gasteiger partial charge in [-0.05, 0) is 17.7 Å². The summed E-state index contributed by atoms with van der Waals surface area (Å²) >= 11 is 5.33. The van der Waals surface area contributed by atoms with E-state index < -0.39 is 5.97 Å². The van der Waals surface area contributed by atoms with Gasteiger partial charge in [-0.25, -0.2) is 4.79 Å². The number of hydrogen-bond donors (Lipinski definition) is 1. The molecule has 0 aliphatic rings. The summed E-state index contributed by atoms with van der Waals surface area (Å²) in [6.07, 6.45) is 0.580. The molecule has 0 saturated carbocycles. The molecule has 1 rings (SSSR count). The summed E-state index contributed by atoms with van der Waals surface area (Å²) in [5, 5.41) is 8.90. The average molecular weight is 227 g/mol. The van der Waals surface area contributed by atoms with Crippen LogP contribution in [0.3, 0.4) is 0 Å². The molecule has 0 bridgehead atoms. The first-order valence-corrected chi connectivity index (χ1v) is 4.77. The van der Waals surface area contributed by atoms with Crippen molar-refractivity contribution in [1.29, 1.82) is 0 Å². The Hall–Kier alpha value is -1.48. The van der Waals surface area contributed by atoms with Crippen LogP contribution in [-0.4, -0.2) is 17.7 Å². The van der Waals surface area contributed by atoms with Gasteiger partial charge in [0.1, 0.15) is 10.8 Å². The highest BCUT2D eigenvalue weighted by molar-refractivity contribution is 6.40. The van der Waals surface area contributed by atoms with Crippen LogP contribution in [-0.2, 0) is 16.0 Å². The summed E-state index contributed by atoms with van der Waals surface area (Å²) in [5.74, 6) is -0.389. The largest absolute Gasteiger partial charge is 0.508 e. The monoisotopic (exact) mass is 226 g/mol. The van der Waals surface area contributed by atoms with Crippen LogP contribution >= 0.6 is 11.6 Å². The first kappa shape index (κ1) is 11.6. The minimum Gasteiger partial charge on any atom is -0.508 e. The number of hydrogen-bond acceptors (Lipinski definition) is 3. The normalized spacial score (nSPS) is 9.67. The molecule has 4 heteroatoms. The maximum Gasteiger partial charge on any atom is 0.349 e. The molecule has 0 amide bonds. The molecule has 0 atom stereocenters. The summed E-state index contributed by atoms with van der Waals surface area (Å²) < 4.78 is 4.80. The predicted molar refractivity (Wildman–Crippen MR) is 57.8 cm³/mol. The van der Waals surface area contributed by atoms with Gasteiger partial charge in [-0.15, -0.1) is 0 Å². The smallest absolute Gasteiger partial charge is 0.349 e. The molecule has 0 heterocycles. The molecule has 0 unspecified atom stereocenters. The van der Waals surface area contributed by atoms with Crippen molar-refractivity contribution < 1.29 is 14.6 Å². The van der Waals surface area contributed by atoms with Crippen molar-refractivity contribution in [3.05, 3.63) is 41.4 Å². The zero-order valence-electron chi connectivity index (χ0n) is 8.07. The number of benzene rings is 1. The topological polar surface area (TPSA) is 46.5 Å². The molecule has 0 radical (unpaired) electrons. The van der Waals surface area contributed by atoms with Gasteiger partial charge in [0, 0.05) is 6.42 Å². The van der Waals surface area contributed by atoms with Crippen molar-refractivity contribution in [2.75, 3.05) is 6.61 Å². The zero-order chi connectivity index (χ0) is 11.3. The van der Waals surface area contributed by atoms with Gasteiger partial charge in [-0.3, -0.25) is 0 Å². The number of carbonyl (C=O) groups is 1. The molecule has 1 aromatic rings. The van der Waals surface area contributed by atoms with Crippen LogP contribution in [0.4, 0.5) is 0 Å². The van der Waals surface area contributed by atoms with Gasteiger partial charge in [0.05, 0.1) is 6.61 Å². The van der Waals surface area contributed by atoms with E-state index in [0.29, 0.717) is 6.42 Å². The molecule has 15 heavy (non-hydrogen) atoms. The van der Waals surface area contributed by atoms with Crippen LogP contribution in [0.5, 0.6) is 5.75 Å². The maximum atomic E-state index is 10.9. The molecule has 80 valence electrons. The highest BCUT2D eigenvalue weighted by atomic mass is 35.5. The number of ether oxygens (including phenoxy) is 1. The Kier molecular flexibility index (Phi) is 4.18. The minimum absolute atomic E-state index is 0.124. The van der Waals surface area contributed by atoms with Crippen molar-refractivity contribution >= 4 is 17.6 Å². The van der Waals surface area contributed by atoms with E-state index in [1.807, 2.05) is 0 Å². The molecule has 3 nitrogen and oxygen atoms in total. The van der Waals surface area contributed by atoms with E-state index in [-0.39, 0.29) is 17.4 Å². The Bertz CT molecular complexity index is 357. The lowest BCUT2D eigenvalue weighted by Gasteiger charge is -2.03. The second kappa shape index (κ2) is 5.41. The molecule has 0 saturated heterocycles. The molecule has 1 N–H and O–H groups in total. The molecule has 0 aromatic heterocycles. The Labute approximate surface area is 92.9 Å². The van der Waals surface area contributed by atoms with Crippen molar-refractivity contribution in [3.8, 4) is 5.75 Å². The fraction of sp³-hybridized carbons (Fsp3) is 0.182. The standard InChI is InChI=1S/C11H11ClO3/c1-8(12)11(14)15-7-6-9-2-4-10(13)5-3-9/h2-5,13H,1,6-7H2. The van der Waals surface area contributed by atoms with Crippen molar-refractivity contribution in [1.82, 2.24) is 0 Å². The fourth-order valence-electron chi connectivity index (χ4n) is 1.00. The van der Waals surface area contributed by atoms with E-state index in [2.05, 4.69) is 6.58 Å². The first-order valence-electron chi connectivity index (χ1n) is 4.39. The van der Waals surface area contributed by atoms with E-state index >= 15 is 0 Å². The van der Waals surface area contributed by atoms with Crippen molar-refractivity contribution in [2.45, 2.75) is 6.42 Å². The van der Waals surface area contributed by atoms with Crippen LogP contribution < -0.4 is 0 Å². The summed E-state index contributed by atoms with van der Waals surface area (Å²) in [7, 11) is 0. The van der Waals surface area contributed by atoms with E-state index in [1.54, 1.807) is 24.3 Å². The number of aromatic hydroxyl groups is 1. The van der Waals surface area contributed by atoms with Crippen LogP contribution in [0.25, 0.3) is 0 Å². The van der Waals surface area contributed by atoms with Gasteiger partial charge in [-0.2, -0.15) is 0 Å². The summed E-state index contributed by atoms with van der Waals surface area (Å²) in [6.45, 7) is 3.50. The number of rotatable bonds is 4. The third-order valence-corrected chi connectivity index (χ3v) is 1.94. The van der Waals surface area contributed by atoms with Crippen LogP contribution in [0.15, 0.2) is 35.9 Å². The minimum atomic E-state index is -0.601. The number of esters is 1. The second-order valence-corrected chi connectivity index (χ2v) is 3.41. The fourth-order valence-corrected chi connectivity index (χ4v) is 1.06. The third-order valence-electron chi connectivity index (χ3n) is 1.78. The summed E-state index contributed by atoms with van der Waals surface area (Å²) in [5.41, 5.74) is 0.973. The molecule has 0 fully saturated rings. The molecular formula is C11H11ClO3. The predicted octanol–water partition coefficient (Wildman–Crippen LogP) is 2.23. The summed E-state index contributed by atoms with van der Waals surface area (Å²) in [4.78, 5) is 10.9. The molecule has 0 aliphatic heterocycles. The third kappa shape index (κ3) is 4.04. The Morgan fingerprint density at radius 2 is 2.00 bits per heavy atom. The van der Waals surface area contributed by atoms with Gasteiger partial charge in [0.15, 0.2) is 0 Å². The van der Waals surface area contributed by atoms with Gasteiger partial charge in [-0.1, -0.05) is 30.3 Å². The quantitative estimate of drug-likeness (QED) is 0.633. The van der Waals surface area contributed by atoms with Crippen molar-refractivity contribution in [3.63, 3.8) is 0 Å². The van der Waals surface area contributed by atoms with E-state index in [0.717, 1.165) is 5.56 Å². The lowest BCUT2D eigenvalue weighted by atomic mass is 10.1. The van der Waals surface area contributed by atoms with E-state index in [4.69, 9.17) is 21.4 Å². The van der Waals surface area contributed by atoms with E-state index in [1.165, 1.54) is 0 Å². The SMILES string of the molecule is C=C(Cl)C(=O)OCCc1ccc(O)cc1. The average Bonchev–Trinajstić information content (AvgIpc) is 2.20. The molecular weight excluding hydrogens is 216 g/mol. The van der Waals surface area contributed by atoms with Crippen LogP contribution in [0, 0.1) is 0 Å². The van der Waals surface area contributed by atoms with Gasteiger partial charge < -0.3 is 9.84 Å². The number of halogens is 1. The highest BCUT2D eigenvalue weighted by Gasteiger charge is 2.04. The number of phenols is 1. The molecule has 1 aromatic carbocycles. The maximum absolute atomic E-state index is 10.9. The Balaban J connectivity index is 2.35. The van der Waals surface area contributed by atoms with Crippen molar-refractivity contribution in [2.24, 2.45) is 0 Å². The first-order chi connectivity index (χ1) is 7.09. The Morgan fingerprint density at radius 3 is 2.53 bits per heavy atom. The molecule has 0 aliphatic carbocycles. The van der Waals surface area contributed by atoms with Crippen LogP contribution in [0.1, 0.15) is 5.56 Å².